The summed E-state index contributed by atoms with van der Waals surface area (Å²) in [5.41, 5.74) is 1.09. The topological polar surface area (TPSA) is 17.0 Å². The molecule has 1 atom stereocenters. The van der Waals surface area contributed by atoms with Crippen LogP contribution in [0, 0.1) is 0 Å². The van der Waals surface area contributed by atoms with Crippen LogP contribution in [-0.2, 0) is 12.5 Å². The van der Waals surface area contributed by atoms with Gasteiger partial charge < -0.3 is 9.88 Å². The van der Waals surface area contributed by atoms with Crippen molar-refractivity contribution in [3.8, 4) is 0 Å². The third-order valence-electron chi connectivity index (χ3n) is 3.55. The molecule has 1 aromatic carbocycles. The van der Waals surface area contributed by atoms with Crippen LogP contribution in [0.1, 0.15) is 37.4 Å². The lowest BCUT2D eigenvalue weighted by Crippen LogP contribution is -2.21. The zero-order valence-electron chi connectivity index (χ0n) is 12.5. The molecule has 0 aliphatic carbocycles. The minimum Gasteiger partial charge on any atom is -0.348 e. The predicted molar refractivity (Wildman–Crippen MR) is 81.5 cm³/mol. The number of hydrogen-bond acceptors (Lipinski definition) is 1. The zero-order valence-corrected chi connectivity index (χ0v) is 12.5. The molecule has 1 aromatic heterocycles. The molecule has 0 spiro atoms. The summed E-state index contributed by atoms with van der Waals surface area (Å²) >= 11 is 0. The summed E-state index contributed by atoms with van der Waals surface area (Å²) in [7, 11) is 0. The fourth-order valence-corrected chi connectivity index (χ4v) is 2.30. The van der Waals surface area contributed by atoms with Crippen molar-refractivity contribution in [3.05, 3.63) is 59.9 Å². The Balaban J connectivity index is 2.05. The van der Waals surface area contributed by atoms with Crippen LogP contribution in [0.25, 0.3) is 0 Å². The van der Waals surface area contributed by atoms with Crippen LogP contribution in [0.3, 0.4) is 0 Å². The second-order valence-corrected chi connectivity index (χ2v) is 5.36. The first-order chi connectivity index (χ1) is 10.0. The lowest BCUT2D eigenvalue weighted by molar-refractivity contribution is -0.0221. The summed E-state index contributed by atoms with van der Waals surface area (Å²) in [4.78, 5) is 0. The lowest BCUT2D eigenvalue weighted by Gasteiger charge is -2.17. The molecule has 114 valence electrons. The van der Waals surface area contributed by atoms with Gasteiger partial charge in [-0.05, 0) is 31.5 Å². The molecule has 21 heavy (non-hydrogen) atoms. The highest BCUT2D eigenvalue weighted by Gasteiger charge is 2.31. The van der Waals surface area contributed by atoms with Gasteiger partial charge in [-0.2, -0.15) is 8.78 Å². The van der Waals surface area contributed by atoms with E-state index in [1.54, 1.807) is 35.2 Å². The fraction of sp³-hybridized carbons (Fsp3) is 0.412. The third kappa shape index (κ3) is 4.14. The highest BCUT2D eigenvalue weighted by molar-refractivity contribution is 5.21. The number of hydrogen-bond donors (Lipinski definition) is 1. The van der Waals surface area contributed by atoms with Gasteiger partial charge in [-0.15, -0.1) is 0 Å². The first-order valence-corrected chi connectivity index (χ1v) is 7.35. The average Bonchev–Trinajstić information content (AvgIpc) is 2.93. The Bertz CT molecular complexity index is 549. The van der Waals surface area contributed by atoms with Crippen LogP contribution in [0.2, 0.25) is 0 Å². The van der Waals surface area contributed by atoms with E-state index < -0.39 is 5.92 Å². The average molecular weight is 292 g/mol. The van der Waals surface area contributed by atoms with Crippen LogP contribution >= 0.6 is 0 Å². The first-order valence-electron chi connectivity index (χ1n) is 7.35. The quantitative estimate of drug-likeness (QED) is 0.803. The highest BCUT2D eigenvalue weighted by Crippen LogP contribution is 2.30. The Kier molecular flexibility index (Phi) is 5.12. The van der Waals surface area contributed by atoms with Crippen molar-refractivity contribution < 1.29 is 8.78 Å². The molecule has 0 saturated carbocycles. The van der Waals surface area contributed by atoms with E-state index in [1.165, 1.54) is 12.1 Å². The number of benzene rings is 1. The van der Waals surface area contributed by atoms with Gasteiger partial charge in [0.25, 0.3) is 5.92 Å². The van der Waals surface area contributed by atoms with Crippen LogP contribution in [0.5, 0.6) is 0 Å². The molecule has 2 aromatic rings. The molecule has 0 aliphatic rings. The monoisotopic (exact) mass is 292 g/mol. The number of alkyl halides is 2. The molecular weight excluding hydrogens is 270 g/mol. The summed E-state index contributed by atoms with van der Waals surface area (Å²) in [5, 5.41) is 3.36. The van der Waals surface area contributed by atoms with E-state index in [4.69, 9.17) is 0 Å². The Morgan fingerprint density at radius 1 is 1.19 bits per heavy atom. The maximum absolute atomic E-state index is 14.2. The molecule has 1 N–H and O–H groups in total. The fourth-order valence-electron chi connectivity index (χ4n) is 2.30. The maximum atomic E-state index is 14.2. The van der Waals surface area contributed by atoms with Crippen LogP contribution in [0.15, 0.2) is 48.8 Å². The normalized spacial score (nSPS) is 13.3. The second kappa shape index (κ2) is 6.85. The Morgan fingerprint density at radius 3 is 2.57 bits per heavy atom. The van der Waals surface area contributed by atoms with Crippen molar-refractivity contribution in [2.45, 2.75) is 38.8 Å². The number of rotatable bonds is 7. The van der Waals surface area contributed by atoms with E-state index in [-0.39, 0.29) is 18.2 Å². The maximum Gasteiger partial charge on any atom is 0.290 e. The predicted octanol–water partition coefficient (Wildman–Crippen LogP) is 4.34. The van der Waals surface area contributed by atoms with Crippen LogP contribution in [0.4, 0.5) is 8.78 Å². The van der Waals surface area contributed by atoms with Gasteiger partial charge in [0, 0.05) is 24.0 Å². The van der Waals surface area contributed by atoms with Gasteiger partial charge in [-0.25, -0.2) is 0 Å². The van der Waals surface area contributed by atoms with E-state index >= 15 is 0 Å². The van der Waals surface area contributed by atoms with E-state index in [9.17, 15) is 8.78 Å². The second-order valence-electron chi connectivity index (χ2n) is 5.36. The van der Waals surface area contributed by atoms with E-state index in [0.29, 0.717) is 0 Å². The number of nitrogens with one attached hydrogen (secondary N) is 1. The van der Waals surface area contributed by atoms with Crippen molar-refractivity contribution in [2.24, 2.45) is 0 Å². The first kappa shape index (κ1) is 15.7. The molecule has 0 bridgehead atoms. The van der Waals surface area contributed by atoms with Crippen molar-refractivity contribution >= 4 is 0 Å². The standard InChI is InChI=1S/C17H22F2N2/c1-3-10-20-14(2)15-9-11-21(12-15)13-17(18,19)16-7-5-4-6-8-16/h4-9,11-12,14,20H,3,10,13H2,1-2H3. The van der Waals surface area contributed by atoms with E-state index in [2.05, 4.69) is 12.2 Å². The van der Waals surface area contributed by atoms with Crippen LogP contribution in [-0.4, -0.2) is 11.1 Å². The SMILES string of the molecule is CCCNC(C)c1ccn(CC(F)(F)c2ccccc2)c1. The summed E-state index contributed by atoms with van der Waals surface area (Å²) in [5.74, 6) is -2.86. The molecule has 1 heterocycles. The Labute approximate surface area is 124 Å². The largest absolute Gasteiger partial charge is 0.348 e. The van der Waals surface area contributed by atoms with E-state index in [0.717, 1.165) is 18.5 Å². The molecule has 0 saturated heterocycles. The van der Waals surface area contributed by atoms with Gasteiger partial charge in [-0.1, -0.05) is 37.3 Å². The van der Waals surface area contributed by atoms with E-state index in [1.807, 2.05) is 13.0 Å². The molecule has 0 aliphatic heterocycles. The zero-order chi connectivity index (χ0) is 15.3. The summed E-state index contributed by atoms with van der Waals surface area (Å²) in [6.45, 7) is 4.74. The third-order valence-corrected chi connectivity index (χ3v) is 3.55. The van der Waals surface area contributed by atoms with Gasteiger partial charge >= 0.3 is 0 Å². The minimum absolute atomic E-state index is 0.0532. The number of halogens is 2. The van der Waals surface area contributed by atoms with Gasteiger partial charge in [-0.3, -0.25) is 0 Å². The van der Waals surface area contributed by atoms with Gasteiger partial charge in [0.1, 0.15) is 0 Å². The minimum atomic E-state index is -2.86. The molecule has 4 heteroatoms. The summed E-state index contributed by atoms with van der Waals surface area (Å²) < 4.78 is 30.0. The molecular formula is C17H22F2N2. The molecule has 2 rings (SSSR count). The molecule has 1 unspecified atom stereocenters. The summed E-state index contributed by atoms with van der Waals surface area (Å²) in [6.07, 6.45) is 4.57. The number of aromatic nitrogens is 1. The molecule has 0 radical (unpaired) electrons. The summed E-state index contributed by atoms with van der Waals surface area (Å²) in [6, 6.07) is 10.0. The van der Waals surface area contributed by atoms with Crippen molar-refractivity contribution in [1.29, 1.82) is 0 Å². The Hall–Kier alpha value is -1.68. The van der Waals surface area contributed by atoms with Gasteiger partial charge in [0.2, 0.25) is 0 Å². The Morgan fingerprint density at radius 2 is 1.90 bits per heavy atom. The van der Waals surface area contributed by atoms with Crippen LogP contribution < -0.4 is 5.32 Å². The van der Waals surface area contributed by atoms with Gasteiger partial charge in [0.15, 0.2) is 0 Å². The molecule has 0 amide bonds. The van der Waals surface area contributed by atoms with Crippen molar-refractivity contribution in [1.82, 2.24) is 9.88 Å². The molecule has 0 fully saturated rings. The smallest absolute Gasteiger partial charge is 0.290 e. The lowest BCUT2D eigenvalue weighted by atomic mass is 10.1. The van der Waals surface area contributed by atoms with Crippen molar-refractivity contribution in [2.75, 3.05) is 6.54 Å². The van der Waals surface area contributed by atoms with Gasteiger partial charge in [0.05, 0.1) is 6.54 Å². The molecule has 2 nitrogen and oxygen atoms in total. The van der Waals surface area contributed by atoms with Crippen molar-refractivity contribution in [3.63, 3.8) is 0 Å². The number of nitrogens with zero attached hydrogens (tertiary/aromatic N) is 1. The highest BCUT2D eigenvalue weighted by atomic mass is 19.3.